The predicted molar refractivity (Wildman–Crippen MR) is 120 cm³/mol. The fourth-order valence-corrected chi connectivity index (χ4v) is 3.30. The number of benzene rings is 2. The van der Waals surface area contributed by atoms with Gasteiger partial charge in [0.05, 0.1) is 44.9 Å². The minimum absolute atomic E-state index is 0.00119. The van der Waals surface area contributed by atoms with E-state index < -0.39 is 0 Å². The maximum atomic E-state index is 12.5. The summed E-state index contributed by atoms with van der Waals surface area (Å²) in [6.45, 7) is 7.44. The number of aromatic amines is 1. The fourth-order valence-electron chi connectivity index (χ4n) is 3.30. The first kappa shape index (κ1) is 22.4. The molecule has 0 radical (unpaired) electrons. The van der Waals surface area contributed by atoms with Gasteiger partial charge >= 0.3 is 0 Å². The molecule has 0 spiro atoms. The van der Waals surface area contributed by atoms with Crippen LogP contribution in [0.5, 0.6) is 23.0 Å². The van der Waals surface area contributed by atoms with E-state index >= 15 is 0 Å². The van der Waals surface area contributed by atoms with Gasteiger partial charge in [0, 0.05) is 12.1 Å². The van der Waals surface area contributed by atoms with Crippen molar-refractivity contribution in [2.24, 2.45) is 0 Å². The molecule has 0 aliphatic carbocycles. The number of fused-ring (bicyclic) bond motifs is 1. The molecule has 0 fully saturated rings. The molecule has 8 nitrogen and oxygen atoms in total. The van der Waals surface area contributed by atoms with Crippen LogP contribution < -0.4 is 29.8 Å². The first-order valence-corrected chi connectivity index (χ1v) is 10.3. The lowest BCUT2D eigenvalue weighted by Gasteiger charge is -2.17. The number of nitrogens with zero attached hydrogens (tertiary/aromatic N) is 1. The zero-order valence-corrected chi connectivity index (χ0v) is 18.6. The Balaban J connectivity index is 1.80. The number of H-pyrrole nitrogens is 1. The second kappa shape index (κ2) is 10.2. The molecule has 0 saturated heterocycles. The Morgan fingerprint density at radius 3 is 2.32 bits per heavy atom. The molecule has 0 aliphatic heterocycles. The number of hydrogen-bond acceptors (Lipinski definition) is 7. The molecule has 0 unspecified atom stereocenters. The predicted octanol–water partition coefficient (Wildman–Crippen LogP) is 3.59. The van der Waals surface area contributed by atoms with Gasteiger partial charge in [0.2, 0.25) is 0 Å². The van der Waals surface area contributed by atoms with Gasteiger partial charge < -0.3 is 29.2 Å². The molecule has 0 bridgehead atoms. The van der Waals surface area contributed by atoms with Crippen LogP contribution in [-0.2, 0) is 6.54 Å². The highest BCUT2D eigenvalue weighted by molar-refractivity contribution is 5.81. The highest BCUT2D eigenvalue weighted by Gasteiger charge is 2.13. The SMILES string of the molecule is CCOc1ccc([C@H](C)NCc2nc3cc(OC)c(OC)cc3c(=O)[nH]2)cc1OCC. The Morgan fingerprint density at radius 1 is 0.968 bits per heavy atom. The van der Waals surface area contributed by atoms with Crippen molar-refractivity contribution in [1.82, 2.24) is 15.3 Å². The Hall–Kier alpha value is -3.26. The van der Waals surface area contributed by atoms with Crippen molar-refractivity contribution in [3.05, 3.63) is 52.1 Å². The van der Waals surface area contributed by atoms with Gasteiger partial charge in [-0.25, -0.2) is 4.98 Å². The Labute approximate surface area is 181 Å². The first-order chi connectivity index (χ1) is 15.0. The maximum Gasteiger partial charge on any atom is 0.258 e. The van der Waals surface area contributed by atoms with Crippen LogP contribution in [0.4, 0.5) is 0 Å². The smallest absolute Gasteiger partial charge is 0.258 e. The minimum atomic E-state index is -0.227. The van der Waals surface area contributed by atoms with Gasteiger partial charge in [-0.2, -0.15) is 0 Å². The van der Waals surface area contributed by atoms with E-state index in [2.05, 4.69) is 15.3 Å². The zero-order chi connectivity index (χ0) is 22.4. The molecule has 3 rings (SSSR count). The molecule has 3 aromatic rings. The van der Waals surface area contributed by atoms with Crippen LogP contribution in [0.1, 0.15) is 38.2 Å². The van der Waals surface area contributed by atoms with E-state index in [0.29, 0.717) is 53.7 Å². The molecule has 2 N–H and O–H groups in total. The van der Waals surface area contributed by atoms with E-state index in [-0.39, 0.29) is 11.6 Å². The van der Waals surface area contributed by atoms with E-state index in [1.165, 1.54) is 7.11 Å². The summed E-state index contributed by atoms with van der Waals surface area (Å²) in [5.74, 6) is 2.99. The highest BCUT2D eigenvalue weighted by atomic mass is 16.5. The quantitative estimate of drug-likeness (QED) is 0.511. The van der Waals surface area contributed by atoms with Crippen LogP contribution in [0.3, 0.4) is 0 Å². The normalized spacial score (nSPS) is 11.9. The molecule has 31 heavy (non-hydrogen) atoms. The van der Waals surface area contributed by atoms with Crippen LogP contribution in [0.2, 0.25) is 0 Å². The second-order valence-corrected chi connectivity index (χ2v) is 6.91. The third-order valence-electron chi connectivity index (χ3n) is 4.90. The van der Waals surface area contributed by atoms with Gasteiger partial charge in [-0.1, -0.05) is 6.07 Å². The lowest BCUT2D eigenvalue weighted by Crippen LogP contribution is -2.22. The number of methoxy groups -OCH3 is 2. The van der Waals surface area contributed by atoms with Crippen molar-refractivity contribution in [1.29, 1.82) is 0 Å². The monoisotopic (exact) mass is 427 g/mol. The standard InChI is InChI=1S/C23H29N3O5/c1-6-30-18-9-8-15(10-21(18)31-7-2)14(3)24-13-22-25-17-12-20(29-5)19(28-4)11-16(17)23(27)26-22/h8-12,14,24H,6-7,13H2,1-5H3,(H,25,26,27)/t14-/m0/s1. The maximum absolute atomic E-state index is 12.5. The third kappa shape index (κ3) is 5.08. The van der Waals surface area contributed by atoms with E-state index in [1.54, 1.807) is 19.2 Å². The molecule has 2 aromatic carbocycles. The minimum Gasteiger partial charge on any atom is -0.493 e. The Morgan fingerprint density at radius 2 is 1.65 bits per heavy atom. The van der Waals surface area contributed by atoms with Gasteiger partial charge in [-0.3, -0.25) is 4.79 Å². The van der Waals surface area contributed by atoms with Crippen molar-refractivity contribution in [3.8, 4) is 23.0 Å². The lowest BCUT2D eigenvalue weighted by atomic mass is 10.1. The Bertz CT molecular complexity index is 1100. The lowest BCUT2D eigenvalue weighted by molar-refractivity contribution is 0.287. The summed E-state index contributed by atoms with van der Waals surface area (Å²) < 4.78 is 21.9. The highest BCUT2D eigenvalue weighted by Crippen LogP contribution is 2.31. The number of rotatable bonds is 10. The number of ether oxygens (including phenoxy) is 4. The summed E-state index contributed by atoms with van der Waals surface area (Å²) in [7, 11) is 3.08. The van der Waals surface area contributed by atoms with Gasteiger partial charge in [0.25, 0.3) is 5.56 Å². The summed E-state index contributed by atoms with van der Waals surface area (Å²) >= 11 is 0. The number of aromatic nitrogens is 2. The molecular weight excluding hydrogens is 398 g/mol. The largest absolute Gasteiger partial charge is 0.493 e. The Kier molecular flexibility index (Phi) is 7.36. The third-order valence-corrected chi connectivity index (χ3v) is 4.90. The molecular formula is C23H29N3O5. The van der Waals surface area contributed by atoms with E-state index in [4.69, 9.17) is 18.9 Å². The average molecular weight is 428 g/mol. The van der Waals surface area contributed by atoms with Crippen LogP contribution in [0.25, 0.3) is 10.9 Å². The van der Waals surface area contributed by atoms with Crippen molar-refractivity contribution in [2.75, 3.05) is 27.4 Å². The number of hydrogen-bond donors (Lipinski definition) is 2. The van der Waals surface area contributed by atoms with Gasteiger partial charge in [-0.15, -0.1) is 0 Å². The van der Waals surface area contributed by atoms with Crippen molar-refractivity contribution < 1.29 is 18.9 Å². The van der Waals surface area contributed by atoms with Crippen LogP contribution in [0, 0.1) is 0 Å². The first-order valence-electron chi connectivity index (χ1n) is 10.3. The second-order valence-electron chi connectivity index (χ2n) is 6.91. The summed E-state index contributed by atoms with van der Waals surface area (Å²) in [4.78, 5) is 20.0. The van der Waals surface area contributed by atoms with E-state index in [0.717, 1.165) is 11.3 Å². The van der Waals surface area contributed by atoms with E-state index in [9.17, 15) is 4.79 Å². The van der Waals surface area contributed by atoms with Crippen LogP contribution in [0.15, 0.2) is 35.1 Å². The molecule has 166 valence electrons. The van der Waals surface area contributed by atoms with Crippen molar-refractivity contribution in [2.45, 2.75) is 33.4 Å². The average Bonchev–Trinajstić information content (AvgIpc) is 2.78. The van der Waals surface area contributed by atoms with Crippen molar-refractivity contribution >= 4 is 10.9 Å². The molecule has 0 aliphatic rings. The summed E-state index contributed by atoms with van der Waals surface area (Å²) in [5, 5.41) is 3.84. The number of nitrogens with one attached hydrogen (secondary N) is 2. The van der Waals surface area contributed by atoms with Gasteiger partial charge in [0.15, 0.2) is 23.0 Å². The molecule has 8 heteroatoms. The summed E-state index contributed by atoms with van der Waals surface area (Å²) in [6.07, 6.45) is 0. The molecule has 0 saturated carbocycles. The van der Waals surface area contributed by atoms with Crippen LogP contribution >= 0.6 is 0 Å². The fraction of sp³-hybridized carbons (Fsp3) is 0.391. The molecule has 0 amide bonds. The topological polar surface area (TPSA) is 94.7 Å². The van der Waals surface area contributed by atoms with Crippen LogP contribution in [-0.4, -0.2) is 37.4 Å². The van der Waals surface area contributed by atoms with Gasteiger partial charge in [0.1, 0.15) is 5.82 Å². The summed E-state index contributed by atoms with van der Waals surface area (Å²) in [5.41, 5.74) is 1.36. The zero-order valence-electron chi connectivity index (χ0n) is 18.6. The molecule has 1 heterocycles. The summed E-state index contributed by atoms with van der Waals surface area (Å²) in [6, 6.07) is 9.23. The van der Waals surface area contributed by atoms with Gasteiger partial charge in [-0.05, 0) is 44.5 Å². The van der Waals surface area contributed by atoms with Crippen molar-refractivity contribution in [3.63, 3.8) is 0 Å². The molecule has 1 atom stereocenters. The molecule has 1 aromatic heterocycles. The van der Waals surface area contributed by atoms with E-state index in [1.807, 2.05) is 39.0 Å².